The SMILES string of the molecule is COc1ccc2c(c1)c(O)c(C1=NS(=O)(=O)c3ccccc3N1)c(=O)n2CCC(C)C. The lowest BCUT2D eigenvalue weighted by atomic mass is 10.1. The second kappa shape index (κ2) is 7.73. The molecule has 162 valence electrons. The number of ether oxygens (including phenoxy) is 1. The van der Waals surface area contributed by atoms with E-state index in [1.54, 1.807) is 41.0 Å². The summed E-state index contributed by atoms with van der Waals surface area (Å²) in [6.07, 6.45) is 0.728. The van der Waals surface area contributed by atoms with Crippen LogP contribution < -0.4 is 15.6 Å². The number of sulfonamides is 1. The molecule has 3 aromatic rings. The summed E-state index contributed by atoms with van der Waals surface area (Å²) in [6, 6.07) is 11.3. The predicted octanol–water partition coefficient (Wildman–Crippen LogP) is 3.32. The lowest BCUT2D eigenvalue weighted by Gasteiger charge is -2.21. The van der Waals surface area contributed by atoms with E-state index in [1.807, 2.05) is 13.8 Å². The van der Waals surface area contributed by atoms with Gasteiger partial charge in [-0.1, -0.05) is 26.0 Å². The molecule has 0 bridgehead atoms. The van der Waals surface area contributed by atoms with Crippen LogP contribution in [0.5, 0.6) is 11.5 Å². The van der Waals surface area contributed by atoms with E-state index in [1.165, 1.54) is 13.2 Å². The van der Waals surface area contributed by atoms with Crippen LogP contribution in [-0.2, 0) is 16.6 Å². The van der Waals surface area contributed by atoms with Crippen molar-refractivity contribution in [2.24, 2.45) is 10.3 Å². The molecule has 0 atom stereocenters. The Morgan fingerprint density at radius 1 is 1.19 bits per heavy atom. The number of pyridine rings is 1. The van der Waals surface area contributed by atoms with E-state index in [4.69, 9.17) is 4.74 Å². The molecular formula is C22H23N3O5S. The molecule has 31 heavy (non-hydrogen) atoms. The quantitative estimate of drug-likeness (QED) is 0.629. The van der Waals surface area contributed by atoms with Crippen LogP contribution in [-0.4, -0.2) is 31.0 Å². The zero-order valence-electron chi connectivity index (χ0n) is 17.4. The van der Waals surface area contributed by atoms with E-state index in [0.717, 1.165) is 6.42 Å². The lowest BCUT2D eigenvalue weighted by molar-refractivity contribution is 0.414. The van der Waals surface area contributed by atoms with Gasteiger partial charge in [-0.05, 0) is 42.7 Å². The monoisotopic (exact) mass is 441 g/mol. The molecule has 2 heterocycles. The van der Waals surface area contributed by atoms with Gasteiger partial charge in [0.25, 0.3) is 15.6 Å². The van der Waals surface area contributed by atoms with Gasteiger partial charge in [0.2, 0.25) is 0 Å². The highest BCUT2D eigenvalue weighted by molar-refractivity contribution is 7.90. The molecular weight excluding hydrogens is 418 g/mol. The molecule has 0 unspecified atom stereocenters. The predicted molar refractivity (Wildman–Crippen MR) is 120 cm³/mol. The van der Waals surface area contributed by atoms with E-state index in [-0.39, 0.29) is 22.0 Å². The molecule has 1 aliphatic heterocycles. The molecule has 0 radical (unpaired) electrons. The zero-order valence-corrected chi connectivity index (χ0v) is 18.2. The third kappa shape index (κ3) is 3.65. The first-order valence-electron chi connectivity index (χ1n) is 9.88. The molecule has 0 spiro atoms. The van der Waals surface area contributed by atoms with Crippen molar-refractivity contribution in [2.75, 3.05) is 12.4 Å². The number of nitrogens with one attached hydrogen (secondary N) is 1. The van der Waals surface area contributed by atoms with Gasteiger partial charge in [-0.15, -0.1) is 4.40 Å². The van der Waals surface area contributed by atoms with Gasteiger partial charge in [0.15, 0.2) is 5.84 Å². The number of fused-ring (bicyclic) bond motifs is 2. The molecule has 1 aromatic heterocycles. The highest BCUT2D eigenvalue weighted by Crippen LogP contribution is 2.33. The van der Waals surface area contributed by atoms with E-state index >= 15 is 0 Å². The third-order valence-corrected chi connectivity index (χ3v) is 6.58. The maximum atomic E-state index is 13.4. The van der Waals surface area contributed by atoms with Crippen molar-refractivity contribution in [1.82, 2.24) is 4.57 Å². The number of aromatic hydroxyl groups is 1. The van der Waals surface area contributed by atoms with Crippen LogP contribution in [0, 0.1) is 5.92 Å². The fourth-order valence-corrected chi connectivity index (χ4v) is 4.72. The van der Waals surface area contributed by atoms with Gasteiger partial charge >= 0.3 is 0 Å². The molecule has 1 aliphatic rings. The fourth-order valence-electron chi connectivity index (χ4n) is 3.59. The standard InChI is InChI=1S/C22H23N3O5S/c1-13(2)10-11-25-17-9-8-14(30-3)12-15(17)20(26)19(22(25)27)21-23-16-6-4-5-7-18(16)31(28,29)24-21/h4-9,12-13,26H,10-11H2,1-3H3,(H,23,24). The van der Waals surface area contributed by atoms with E-state index in [2.05, 4.69) is 9.71 Å². The summed E-state index contributed by atoms with van der Waals surface area (Å²) >= 11 is 0. The van der Waals surface area contributed by atoms with Gasteiger partial charge in [-0.2, -0.15) is 8.42 Å². The van der Waals surface area contributed by atoms with Crippen molar-refractivity contribution in [2.45, 2.75) is 31.7 Å². The summed E-state index contributed by atoms with van der Waals surface area (Å²) in [5.74, 6) is 0.291. The van der Waals surface area contributed by atoms with Gasteiger partial charge in [-0.25, -0.2) is 0 Å². The first-order valence-corrected chi connectivity index (χ1v) is 11.3. The number of benzene rings is 2. The molecule has 0 saturated carbocycles. The zero-order chi connectivity index (χ0) is 22.3. The van der Waals surface area contributed by atoms with Crippen molar-refractivity contribution in [3.8, 4) is 11.5 Å². The smallest absolute Gasteiger partial charge is 0.286 e. The number of nitrogens with zero attached hydrogens (tertiary/aromatic N) is 2. The Balaban J connectivity index is 2.00. The second-order valence-electron chi connectivity index (χ2n) is 7.78. The minimum Gasteiger partial charge on any atom is -0.506 e. The molecule has 4 rings (SSSR count). The number of rotatable bonds is 5. The molecule has 8 nitrogen and oxygen atoms in total. The Hall–Kier alpha value is -3.33. The molecule has 9 heteroatoms. The van der Waals surface area contributed by atoms with Crippen molar-refractivity contribution in [1.29, 1.82) is 0 Å². The van der Waals surface area contributed by atoms with Crippen LogP contribution in [0.1, 0.15) is 25.8 Å². The average molecular weight is 442 g/mol. The summed E-state index contributed by atoms with van der Waals surface area (Å²) in [5, 5.41) is 14.3. The first kappa shape index (κ1) is 20.9. The topological polar surface area (TPSA) is 110 Å². The van der Waals surface area contributed by atoms with E-state index in [0.29, 0.717) is 34.8 Å². The van der Waals surface area contributed by atoms with Crippen LogP contribution in [0.4, 0.5) is 5.69 Å². The van der Waals surface area contributed by atoms with Gasteiger partial charge in [-0.3, -0.25) is 4.79 Å². The summed E-state index contributed by atoms with van der Waals surface area (Å²) in [5.41, 5.74) is 0.123. The van der Waals surface area contributed by atoms with Crippen molar-refractivity contribution in [3.63, 3.8) is 0 Å². The Labute approximate surface area is 179 Å². The van der Waals surface area contributed by atoms with Crippen LogP contribution >= 0.6 is 0 Å². The van der Waals surface area contributed by atoms with Gasteiger partial charge in [0.05, 0.1) is 18.3 Å². The molecule has 0 saturated heterocycles. The maximum Gasteiger partial charge on any atom is 0.286 e. The van der Waals surface area contributed by atoms with Crippen molar-refractivity contribution in [3.05, 3.63) is 58.4 Å². The molecule has 0 aliphatic carbocycles. The van der Waals surface area contributed by atoms with Crippen LogP contribution in [0.25, 0.3) is 10.9 Å². The van der Waals surface area contributed by atoms with Crippen LogP contribution in [0.3, 0.4) is 0 Å². The molecule has 0 amide bonds. The van der Waals surface area contributed by atoms with Crippen LogP contribution in [0.15, 0.2) is 56.6 Å². The molecule has 2 aromatic carbocycles. The normalized spacial score (nSPS) is 14.8. The number of hydrogen-bond donors (Lipinski definition) is 2. The fraction of sp³-hybridized carbons (Fsp3) is 0.273. The minimum absolute atomic E-state index is 0.0147. The van der Waals surface area contributed by atoms with Crippen molar-refractivity contribution < 1.29 is 18.3 Å². The van der Waals surface area contributed by atoms with Gasteiger partial charge in [0.1, 0.15) is 22.0 Å². The number of methoxy groups -OCH3 is 1. The highest BCUT2D eigenvalue weighted by Gasteiger charge is 2.29. The Bertz CT molecular complexity index is 1370. The number of para-hydroxylation sites is 1. The highest BCUT2D eigenvalue weighted by atomic mass is 32.2. The minimum atomic E-state index is -4.04. The summed E-state index contributed by atoms with van der Waals surface area (Å²) in [7, 11) is -2.53. The van der Waals surface area contributed by atoms with Crippen molar-refractivity contribution >= 4 is 32.4 Å². The van der Waals surface area contributed by atoms with Gasteiger partial charge in [0, 0.05) is 11.9 Å². The Kier molecular flexibility index (Phi) is 5.22. The Morgan fingerprint density at radius 2 is 1.94 bits per heavy atom. The number of aryl methyl sites for hydroxylation is 1. The summed E-state index contributed by atoms with van der Waals surface area (Å²) in [4.78, 5) is 13.5. The van der Waals surface area contributed by atoms with E-state index in [9.17, 15) is 18.3 Å². The maximum absolute atomic E-state index is 13.4. The summed E-state index contributed by atoms with van der Waals surface area (Å²) < 4.78 is 36.0. The number of aromatic nitrogens is 1. The number of amidine groups is 1. The summed E-state index contributed by atoms with van der Waals surface area (Å²) in [6.45, 7) is 4.50. The van der Waals surface area contributed by atoms with Gasteiger partial charge < -0.3 is 19.7 Å². The Morgan fingerprint density at radius 3 is 2.65 bits per heavy atom. The first-order chi connectivity index (χ1) is 14.7. The second-order valence-corrected chi connectivity index (χ2v) is 9.35. The molecule has 0 fully saturated rings. The average Bonchev–Trinajstić information content (AvgIpc) is 2.73. The lowest BCUT2D eigenvalue weighted by Crippen LogP contribution is -2.33. The largest absolute Gasteiger partial charge is 0.506 e. The van der Waals surface area contributed by atoms with E-state index < -0.39 is 15.6 Å². The van der Waals surface area contributed by atoms with Crippen LogP contribution in [0.2, 0.25) is 0 Å². The number of anilines is 1. The third-order valence-electron chi connectivity index (χ3n) is 5.24. The number of hydrogen-bond acceptors (Lipinski definition) is 6. The molecule has 2 N–H and O–H groups in total.